The van der Waals surface area contributed by atoms with Crippen LogP contribution in [0.15, 0.2) is 16.6 Å². The van der Waals surface area contributed by atoms with Crippen LogP contribution in [0, 0.1) is 5.92 Å². The summed E-state index contributed by atoms with van der Waals surface area (Å²) in [5, 5.41) is 14.1. The quantitative estimate of drug-likeness (QED) is 0.736. The normalized spacial score (nSPS) is 20.1. The van der Waals surface area contributed by atoms with Gasteiger partial charge in [0, 0.05) is 42.3 Å². The Hall–Kier alpha value is -0.200. The molecule has 1 heterocycles. The van der Waals surface area contributed by atoms with E-state index in [2.05, 4.69) is 32.2 Å². The molecule has 138 valence electrons. The number of nitrogens with one attached hydrogen (secondary N) is 1. The predicted octanol–water partition coefficient (Wildman–Crippen LogP) is 4.14. The lowest BCUT2D eigenvalue weighted by atomic mass is 9.89. The van der Waals surface area contributed by atoms with E-state index in [4.69, 9.17) is 4.74 Å². The van der Waals surface area contributed by atoms with Gasteiger partial charge in [-0.15, -0.1) is 24.8 Å². The van der Waals surface area contributed by atoms with Crippen molar-refractivity contribution in [2.24, 2.45) is 5.92 Å². The Morgan fingerprint density at radius 3 is 2.42 bits per heavy atom. The van der Waals surface area contributed by atoms with Crippen LogP contribution in [0.4, 0.5) is 0 Å². The molecule has 4 nitrogen and oxygen atoms in total. The maximum Gasteiger partial charge on any atom is 0.162 e. The summed E-state index contributed by atoms with van der Waals surface area (Å²) in [6.45, 7) is 4.12. The highest BCUT2D eigenvalue weighted by molar-refractivity contribution is 9.10. The van der Waals surface area contributed by atoms with Crippen molar-refractivity contribution in [2.75, 3.05) is 33.3 Å². The van der Waals surface area contributed by atoms with E-state index in [1.165, 1.54) is 25.7 Å². The van der Waals surface area contributed by atoms with Crippen LogP contribution in [0.2, 0.25) is 0 Å². The highest BCUT2D eigenvalue weighted by atomic mass is 79.9. The zero-order chi connectivity index (χ0) is 15.5. The van der Waals surface area contributed by atoms with E-state index in [1.807, 2.05) is 6.07 Å². The minimum atomic E-state index is 0. The molecule has 0 unspecified atom stereocenters. The minimum Gasteiger partial charge on any atom is -0.504 e. The molecule has 1 aliphatic heterocycles. The van der Waals surface area contributed by atoms with Gasteiger partial charge in [-0.25, -0.2) is 0 Å². The van der Waals surface area contributed by atoms with Gasteiger partial charge in [-0.05, 0) is 30.9 Å². The number of ether oxygens (including phenoxy) is 1. The summed E-state index contributed by atoms with van der Waals surface area (Å²) in [5.74, 6) is 1.49. The van der Waals surface area contributed by atoms with Gasteiger partial charge in [-0.1, -0.05) is 28.8 Å². The lowest BCUT2D eigenvalue weighted by Gasteiger charge is -2.39. The SMILES string of the molecule is COc1cc(Br)cc([C@@H](C2CCCC2)N2CCNCC2)c1O.Cl.Cl. The number of hydrogen-bond acceptors (Lipinski definition) is 4. The van der Waals surface area contributed by atoms with Crippen LogP contribution in [-0.4, -0.2) is 43.3 Å². The number of piperazine rings is 1. The predicted molar refractivity (Wildman–Crippen MR) is 106 cm³/mol. The Morgan fingerprint density at radius 1 is 1.21 bits per heavy atom. The highest BCUT2D eigenvalue weighted by Gasteiger charge is 2.34. The van der Waals surface area contributed by atoms with Crippen LogP contribution in [0.25, 0.3) is 0 Å². The van der Waals surface area contributed by atoms with Gasteiger partial charge >= 0.3 is 0 Å². The third-order valence-corrected chi connectivity index (χ3v) is 5.46. The number of phenolic OH excluding ortho intramolecular Hbond substituents is 1. The van der Waals surface area contributed by atoms with Crippen molar-refractivity contribution in [3.63, 3.8) is 0 Å². The molecule has 0 aromatic heterocycles. The molecule has 1 saturated carbocycles. The summed E-state index contributed by atoms with van der Waals surface area (Å²) in [4.78, 5) is 2.54. The fraction of sp³-hybridized carbons (Fsp3) is 0.647. The lowest BCUT2D eigenvalue weighted by molar-refractivity contribution is 0.123. The average Bonchev–Trinajstić information content (AvgIpc) is 3.05. The molecule has 24 heavy (non-hydrogen) atoms. The second-order valence-corrected chi connectivity index (χ2v) is 7.24. The molecule has 0 radical (unpaired) electrons. The van der Waals surface area contributed by atoms with Gasteiger partial charge < -0.3 is 15.2 Å². The van der Waals surface area contributed by atoms with Crippen molar-refractivity contribution in [2.45, 2.75) is 31.7 Å². The number of phenols is 1. The average molecular weight is 442 g/mol. The molecular formula is C17H27BrCl2N2O2. The molecular weight excluding hydrogens is 415 g/mol. The van der Waals surface area contributed by atoms with E-state index in [0.717, 1.165) is 36.2 Å². The third kappa shape index (κ3) is 4.70. The first-order valence-electron chi connectivity index (χ1n) is 8.22. The van der Waals surface area contributed by atoms with Gasteiger partial charge in [0.15, 0.2) is 11.5 Å². The van der Waals surface area contributed by atoms with Crippen molar-refractivity contribution < 1.29 is 9.84 Å². The van der Waals surface area contributed by atoms with Gasteiger partial charge in [0.1, 0.15) is 0 Å². The zero-order valence-electron chi connectivity index (χ0n) is 14.0. The van der Waals surface area contributed by atoms with Gasteiger partial charge in [-0.2, -0.15) is 0 Å². The first kappa shape index (κ1) is 21.8. The Morgan fingerprint density at radius 2 is 1.83 bits per heavy atom. The van der Waals surface area contributed by atoms with Crippen molar-refractivity contribution in [1.29, 1.82) is 0 Å². The fourth-order valence-electron chi connectivity index (χ4n) is 3.96. The highest BCUT2D eigenvalue weighted by Crippen LogP contribution is 2.46. The Labute approximate surface area is 165 Å². The van der Waals surface area contributed by atoms with Crippen LogP contribution in [0.1, 0.15) is 37.3 Å². The van der Waals surface area contributed by atoms with E-state index < -0.39 is 0 Å². The fourth-order valence-corrected chi connectivity index (χ4v) is 4.41. The molecule has 2 N–H and O–H groups in total. The van der Waals surface area contributed by atoms with Gasteiger partial charge in [0.05, 0.1) is 7.11 Å². The van der Waals surface area contributed by atoms with Crippen LogP contribution in [0.3, 0.4) is 0 Å². The molecule has 0 amide bonds. The largest absolute Gasteiger partial charge is 0.504 e. The van der Waals surface area contributed by atoms with Crippen LogP contribution in [-0.2, 0) is 0 Å². The molecule has 1 aromatic rings. The number of aromatic hydroxyl groups is 1. The third-order valence-electron chi connectivity index (χ3n) is 5.00. The standard InChI is InChI=1S/C17H25BrN2O2.2ClH/c1-22-15-11-13(18)10-14(17(15)21)16(12-4-2-3-5-12)20-8-6-19-7-9-20;;/h10-12,16,19,21H,2-9H2,1H3;2*1H/t16-;;/m1../s1. The molecule has 0 bridgehead atoms. The second kappa shape index (κ2) is 10.1. The Kier molecular flexibility index (Phi) is 9.17. The first-order valence-corrected chi connectivity index (χ1v) is 9.01. The molecule has 3 rings (SSSR count). The molecule has 2 aliphatic rings. The smallest absolute Gasteiger partial charge is 0.162 e. The van der Waals surface area contributed by atoms with E-state index >= 15 is 0 Å². The number of hydrogen-bond donors (Lipinski definition) is 2. The van der Waals surface area contributed by atoms with Gasteiger partial charge in [-0.3, -0.25) is 4.90 Å². The number of benzene rings is 1. The molecule has 1 aromatic carbocycles. The molecule has 1 atom stereocenters. The number of nitrogens with zero attached hydrogens (tertiary/aromatic N) is 1. The van der Waals surface area contributed by atoms with E-state index in [-0.39, 0.29) is 30.9 Å². The summed E-state index contributed by atoms with van der Waals surface area (Å²) in [7, 11) is 1.61. The summed E-state index contributed by atoms with van der Waals surface area (Å²) in [6, 6.07) is 4.20. The van der Waals surface area contributed by atoms with E-state index in [0.29, 0.717) is 17.4 Å². The van der Waals surface area contributed by atoms with Crippen LogP contribution >= 0.6 is 40.7 Å². The number of halogens is 3. The van der Waals surface area contributed by atoms with Crippen molar-refractivity contribution in [3.8, 4) is 11.5 Å². The maximum atomic E-state index is 10.7. The van der Waals surface area contributed by atoms with Crippen LogP contribution in [0.5, 0.6) is 11.5 Å². The first-order chi connectivity index (χ1) is 10.7. The Bertz CT molecular complexity index is 522. The van der Waals surface area contributed by atoms with Crippen molar-refractivity contribution in [3.05, 3.63) is 22.2 Å². The molecule has 1 aliphatic carbocycles. The molecule has 0 spiro atoms. The zero-order valence-corrected chi connectivity index (χ0v) is 17.2. The summed E-state index contributed by atoms with van der Waals surface area (Å²) in [5.41, 5.74) is 1.01. The van der Waals surface area contributed by atoms with E-state index in [9.17, 15) is 5.11 Å². The minimum absolute atomic E-state index is 0. The molecule has 7 heteroatoms. The van der Waals surface area contributed by atoms with Crippen LogP contribution < -0.4 is 10.1 Å². The number of methoxy groups -OCH3 is 1. The van der Waals surface area contributed by atoms with Gasteiger partial charge in [0.2, 0.25) is 0 Å². The summed E-state index contributed by atoms with van der Waals surface area (Å²) in [6.07, 6.45) is 5.12. The Balaban J connectivity index is 0.00000144. The molecule has 1 saturated heterocycles. The monoisotopic (exact) mass is 440 g/mol. The second-order valence-electron chi connectivity index (χ2n) is 6.32. The lowest BCUT2D eigenvalue weighted by Crippen LogP contribution is -2.46. The summed E-state index contributed by atoms with van der Waals surface area (Å²) >= 11 is 3.57. The van der Waals surface area contributed by atoms with Gasteiger partial charge in [0.25, 0.3) is 0 Å². The number of rotatable bonds is 4. The van der Waals surface area contributed by atoms with Crippen molar-refractivity contribution >= 4 is 40.7 Å². The summed E-state index contributed by atoms with van der Waals surface area (Å²) < 4.78 is 6.32. The maximum absolute atomic E-state index is 10.7. The van der Waals surface area contributed by atoms with E-state index in [1.54, 1.807) is 7.11 Å². The van der Waals surface area contributed by atoms with Crippen molar-refractivity contribution in [1.82, 2.24) is 10.2 Å². The molecule has 2 fully saturated rings. The topological polar surface area (TPSA) is 44.7 Å².